The van der Waals surface area contributed by atoms with E-state index in [9.17, 15) is 13.6 Å². The molecule has 1 aromatic rings. The first-order valence-electron chi connectivity index (χ1n) is 2.56. The second-order valence-corrected chi connectivity index (χ2v) is 2.51. The van der Waals surface area contributed by atoms with Gasteiger partial charge in [-0.2, -0.15) is 4.98 Å². The summed E-state index contributed by atoms with van der Waals surface area (Å²) in [4.78, 5) is 13.8. The SMILES string of the molecule is Nc1ccn(S(=O)[O-])c(=O)n1. The fourth-order valence-electron chi connectivity index (χ4n) is 0.518. The Kier molecular flexibility index (Phi) is 2.01. The topological polar surface area (TPSA) is 101 Å². The fraction of sp³-hybridized carbons (Fsp3) is 0. The summed E-state index contributed by atoms with van der Waals surface area (Å²) in [5, 5.41) is 0. The highest BCUT2D eigenvalue weighted by Crippen LogP contribution is 1.88. The molecule has 0 amide bonds. The van der Waals surface area contributed by atoms with E-state index in [0.29, 0.717) is 3.97 Å². The summed E-state index contributed by atoms with van der Waals surface area (Å²) < 4.78 is 20.9. The van der Waals surface area contributed by atoms with Crippen LogP contribution >= 0.6 is 0 Å². The van der Waals surface area contributed by atoms with E-state index in [1.54, 1.807) is 0 Å². The predicted octanol–water partition coefficient (Wildman–Crippen LogP) is -1.53. The fourth-order valence-corrected chi connectivity index (χ4v) is 0.847. The van der Waals surface area contributed by atoms with E-state index in [0.717, 1.165) is 6.20 Å². The predicted molar refractivity (Wildman–Crippen MR) is 37.2 cm³/mol. The number of nitrogens with two attached hydrogens (primary N) is 1. The minimum atomic E-state index is -2.61. The van der Waals surface area contributed by atoms with Crippen LogP contribution in [0.15, 0.2) is 17.1 Å². The lowest BCUT2D eigenvalue weighted by Gasteiger charge is -2.05. The molecule has 0 saturated carbocycles. The Bertz CT molecular complexity index is 347. The molecule has 0 aliphatic carbocycles. The third-order valence-electron chi connectivity index (χ3n) is 0.955. The van der Waals surface area contributed by atoms with E-state index >= 15 is 0 Å². The highest BCUT2D eigenvalue weighted by molar-refractivity contribution is 7.77. The van der Waals surface area contributed by atoms with Gasteiger partial charge in [0.05, 0.1) is 11.3 Å². The van der Waals surface area contributed by atoms with Gasteiger partial charge in [0, 0.05) is 6.20 Å². The molecule has 60 valence electrons. The van der Waals surface area contributed by atoms with Crippen molar-refractivity contribution in [1.82, 2.24) is 8.96 Å². The van der Waals surface area contributed by atoms with Gasteiger partial charge >= 0.3 is 5.69 Å². The van der Waals surface area contributed by atoms with Crippen LogP contribution in [0, 0.1) is 0 Å². The van der Waals surface area contributed by atoms with E-state index in [1.807, 2.05) is 0 Å². The van der Waals surface area contributed by atoms with Gasteiger partial charge in [0.2, 0.25) is 0 Å². The summed E-state index contributed by atoms with van der Waals surface area (Å²) in [6.45, 7) is 0. The van der Waals surface area contributed by atoms with E-state index in [4.69, 9.17) is 5.73 Å². The second kappa shape index (κ2) is 2.81. The Morgan fingerprint density at radius 2 is 2.36 bits per heavy atom. The summed E-state index contributed by atoms with van der Waals surface area (Å²) >= 11 is -2.61. The maximum absolute atomic E-state index is 10.7. The number of hydrogen-bond acceptors (Lipinski definition) is 5. The average Bonchev–Trinajstić information content (AvgIpc) is 1.85. The second-order valence-electron chi connectivity index (χ2n) is 1.68. The Balaban J connectivity index is 3.32. The van der Waals surface area contributed by atoms with Crippen LogP contribution in [0.25, 0.3) is 0 Å². The molecule has 0 saturated heterocycles. The monoisotopic (exact) mass is 174 g/mol. The van der Waals surface area contributed by atoms with Gasteiger partial charge in [-0.3, -0.25) is 4.21 Å². The van der Waals surface area contributed by atoms with Crippen LogP contribution in [0.5, 0.6) is 0 Å². The molecule has 1 atom stereocenters. The highest BCUT2D eigenvalue weighted by atomic mass is 32.2. The van der Waals surface area contributed by atoms with Crippen LogP contribution in [0.2, 0.25) is 0 Å². The van der Waals surface area contributed by atoms with Crippen LogP contribution in [-0.2, 0) is 11.3 Å². The zero-order valence-electron chi connectivity index (χ0n) is 5.26. The zero-order valence-corrected chi connectivity index (χ0v) is 6.08. The van der Waals surface area contributed by atoms with Crippen molar-refractivity contribution in [3.05, 3.63) is 22.7 Å². The summed E-state index contributed by atoms with van der Waals surface area (Å²) in [5.74, 6) is -0.00306. The molecule has 2 N–H and O–H groups in total. The molecule has 0 aromatic carbocycles. The standard InChI is InChI=1S/C4H5N3O3S/c5-3-1-2-7(11(9)10)4(8)6-3/h1-2H,(H,9,10)(H2,5,6,8)/p-1. The number of hydrogen-bond donors (Lipinski definition) is 1. The summed E-state index contributed by atoms with van der Waals surface area (Å²) in [7, 11) is 0. The smallest absolute Gasteiger partial charge is 0.360 e. The molecular formula is C4H4N3O3S-. The van der Waals surface area contributed by atoms with Crippen molar-refractivity contribution in [2.24, 2.45) is 0 Å². The molecule has 11 heavy (non-hydrogen) atoms. The summed E-state index contributed by atoms with van der Waals surface area (Å²) in [6, 6.07) is 1.22. The summed E-state index contributed by atoms with van der Waals surface area (Å²) in [5.41, 5.74) is 4.20. The molecule has 1 aromatic heterocycles. The maximum Gasteiger partial charge on any atom is 0.360 e. The van der Waals surface area contributed by atoms with Gasteiger partial charge in [0.25, 0.3) is 0 Å². The largest absolute Gasteiger partial charge is 0.755 e. The lowest BCUT2D eigenvalue weighted by atomic mass is 10.6. The lowest BCUT2D eigenvalue weighted by molar-refractivity contribution is 0.525. The van der Waals surface area contributed by atoms with Crippen LogP contribution in [-0.4, -0.2) is 17.7 Å². The maximum atomic E-state index is 10.7. The highest BCUT2D eigenvalue weighted by Gasteiger charge is 1.95. The Morgan fingerprint density at radius 1 is 1.73 bits per heavy atom. The normalized spacial score (nSPS) is 12.8. The molecule has 0 spiro atoms. The molecular weight excluding hydrogens is 170 g/mol. The third-order valence-corrected chi connectivity index (χ3v) is 1.55. The van der Waals surface area contributed by atoms with E-state index in [-0.39, 0.29) is 5.82 Å². The van der Waals surface area contributed by atoms with Crippen molar-refractivity contribution in [2.45, 2.75) is 0 Å². The third kappa shape index (κ3) is 1.63. The van der Waals surface area contributed by atoms with Gasteiger partial charge < -0.3 is 10.3 Å². The van der Waals surface area contributed by atoms with Crippen molar-refractivity contribution in [3.63, 3.8) is 0 Å². The van der Waals surface area contributed by atoms with Gasteiger partial charge in [-0.05, 0) is 6.07 Å². The molecule has 1 heterocycles. The Hall–Kier alpha value is -1.21. The van der Waals surface area contributed by atoms with Crippen molar-refractivity contribution in [1.29, 1.82) is 0 Å². The molecule has 0 aliphatic heterocycles. The lowest BCUT2D eigenvalue weighted by Crippen LogP contribution is -2.25. The van der Waals surface area contributed by atoms with Crippen molar-refractivity contribution in [3.8, 4) is 0 Å². The minimum absolute atomic E-state index is 0.00306. The quantitative estimate of drug-likeness (QED) is 0.520. The Labute approximate surface area is 64.1 Å². The van der Waals surface area contributed by atoms with Gasteiger partial charge in [0.15, 0.2) is 0 Å². The summed E-state index contributed by atoms with van der Waals surface area (Å²) in [6.07, 6.45) is 1.04. The average molecular weight is 174 g/mol. The molecule has 0 aliphatic rings. The molecule has 7 heteroatoms. The minimum Gasteiger partial charge on any atom is -0.755 e. The number of rotatable bonds is 1. The van der Waals surface area contributed by atoms with Crippen LogP contribution in [0.1, 0.15) is 0 Å². The number of anilines is 1. The molecule has 0 fully saturated rings. The van der Waals surface area contributed by atoms with Gasteiger partial charge in [0.1, 0.15) is 5.82 Å². The zero-order chi connectivity index (χ0) is 8.43. The van der Waals surface area contributed by atoms with Crippen LogP contribution in [0.3, 0.4) is 0 Å². The molecule has 1 rings (SSSR count). The molecule has 6 nitrogen and oxygen atoms in total. The van der Waals surface area contributed by atoms with E-state index in [1.165, 1.54) is 6.07 Å². The van der Waals surface area contributed by atoms with Gasteiger partial charge in [-0.1, -0.05) is 0 Å². The van der Waals surface area contributed by atoms with Gasteiger partial charge in [-0.15, -0.1) is 0 Å². The number of nitrogen functional groups attached to an aromatic ring is 1. The van der Waals surface area contributed by atoms with Crippen LogP contribution in [0.4, 0.5) is 5.82 Å². The van der Waals surface area contributed by atoms with Crippen molar-refractivity contribution in [2.75, 3.05) is 5.73 Å². The van der Waals surface area contributed by atoms with Crippen LogP contribution < -0.4 is 11.4 Å². The van der Waals surface area contributed by atoms with E-state index in [2.05, 4.69) is 4.98 Å². The molecule has 1 unspecified atom stereocenters. The molecule has 0 bridgehead atoms. The first kappa shape index (κ1) is 7.89. The Morgan fingerprint density at radius 3 is 2.82 bits per heavy atom. The van der Waals surface area contributed by atoms with E-state index < -0.39 is 17.0 Å². The number of nitrogens with zero attached hydrogens (tertiary/aromatic N) is 2. The van der Waals surface area contributed by atoms with Gasteiger partial charge in [-0.25, -0.2) is 8.77 Å². The first-order valence-corrected chi connectivity index (χ1v) is 3.59. The number of aromatic nitrogens is 2. The van der Waals surface area contributed by atoms with Crippen molar-refractivity contribution < 1.29 is 8.76 Å². The molecule has 0 radical (unpaired) electrons. The first-order chi connectivity index (χ1) is 5.11. The van der Waals surface area contributed by atoms with Crippen molar-refractivity contribution >= 4 is 17.1 Å².